The van der Waals surface area contributed by atoms with Crippen LogP contribution in [0.1, 0.15) is 19.2 Å². The van der Waals surface area contributed by atoms with E-state index in [2.05, 4.69) is 27.5 Å². The molecule has 0 bridgehead atoms. The van der Waals surface area contributed by atoms with Gasteiger partial charge in [-0.05, 0) is 53.3 Å². The van der Waals surface area contributed by atoms with Crippen LogP contribution in [0.15, 0.2) is 28.6 Å². The van der Waals surface area contributed by atoms with E-state index in [9.17, 15) is 4.39 Å². The molecule has 6 nitrogen and oxygen atoms in total. The maximum absolute atomic E-state index is 13.0. The minimum Gasteiger partial charge on any atom is -0.229 e. The van der Waals surface area contributed by atoms with Crippen molar-refractivity contribution in [1.29, 1.82) is 0 Å². The van der Waals surface area contributed by atoms with Crippen molar-refractivity contribution in [3.05, 3.63) is 39.9 Å². The van der Waals surface area contributed by atoms with E-state index in [0.29, 0.717) is 9.71 Å². The summed E-state index contributed by atoms with van der Waals surface area (Å²) in [6, 6.07) is 6.09. The Morgan fingerprint density at radius 1 is 1.30 bits per heavy atom. The molecule has 0 saturated heterocycles. The number of hydrogen-bond acceptors (Lipinski definition) is 7. The number of rotatable bonds is 6. The summed E-state index contributed by atoms with van der Waals surface area (Å²) < 4.78 is 17.9. The number of benzene rings is 1. The first-order valence-electron chi connectivity index (χ1n) is 6.91. The largest absolute Gasteiger partial charge is 0.229 e. The lowest BCUT2D eigenvalue weighted by molar-refractivity contribution is 0.564. The summed E-state index contributed by atoms with van der Waals surface area (Å²) in [6.45, 7) is 2.87. The van der Waals surface area contributed by atoms with E-state index in [4.69, 9.17) is 12.2 Å². The number of aryl methyl sites for hydroxylation is 1. The Morgan fingerprint density at radius 3 is 2.83 bits per heavy atom. The van der Waals surface area contributed by atoms with E-state index in [1.54, 1.807) is 21.5 Å². The van der Waals surface area contributed by atoms with Crippen molar-refractivity contribution in [3.63, 3.8) is 0 Å². The summed E-state index contributed by atoms with van der Waals surface area (Å²) >= 11 is 8.28. The number of nitrogens with zero attached hydrogens (tertiary/aromatic N) is 6. The predicted octanol–water partition coefficient (Wildman–Crippen LogP) is 3.49. The van der Waals surface area contributed by atoms with Gasteiger partial charge in [-0.15, -0.1) is 10.2 Å². The normalized spacial score (nSPS) is 11.0. The van der Waals surface area contributed by atoms with Crippen LogP contribution in [0.2, 0.25) is 0 Å². The van der Waals surface area contributed by atoms with Gasteiger partial charge in [0.2, 0.25) is 0 Å². The van der Waals surface area contributed by atoms with E-state index < -0.39 is 0 Å². The van der Waals surface area contributed by atoms with Crippen LogP contribution in [0.25, 0.3) is 5.69 Å². The van der Waals surface area contributed by atoms with Crippen molar-refractivity contribution in [1.82, 2.24) is 30.0 Å². The molecule has 0 aliphatic heterocycles. The topological polar surface area (TPSA) is 61.4 Å². The predicted molar refractivity (Wildman–Crippen MR) is 89.9 cm³/mol. The fourth-order valence-corrected chi connectivity index (χ4v) is 4.20. The summed E-state index contributed by atoms with van der Waals surface area (Å²) in [5.74, 6) is 1.15. The quantitative estimate of drug-likeness (QED) is 0.490. The molecule has 0 unspecified atom stereocenters. The van der Waals surface area contributed by atoms with E-state index >= 15 is 0 Å². The summed E-state index contributed by atoms with van der Waals surface area (Å²) in [5, 5.41) is 16.2. The Labute approximate surface area is 145 Å². The molecule has 0 aliphatic carbocycles. The molecule has 120 valence electrons. The van der Waals surface area contributed by atoms with Gasteiger partial charge in [-0.3, -0.25) is 0 Å². The molecule has 3 rings (SSSR count). The maximum Gasteiger partial charge on any atom is 0.184 e. The second kappa shape index (κ2) is 7.28. The zero-order valence-electron chi connectivity index (χ0n) is 12.2. The van der Waals surface area contributed by atoms with Crippen LogP contribution < -0.4 is 0 Å². The van der Waals surface area contributed by atoms with Crippen LogP contribution in [-0.4, -0.2) is 30.0 Å². The SMILES string of the molecule is CCCn1nnnc1CSc1nn(-c2ccc(F)cc2)c(=S)s1. The molecule has 10 heteroatoms. The highest BCUT2D eigenvalue weighted by Crippen LogP contribution is 2.26. The van der Waals surface area contributed by atoms with Gasteiger partial charge >= 0.3 is 0 Å². The zero-order chi connectivity index (χ0) is 16.2. The lowest BCUT2D eigenvalue weighted by atomic mass is 10.3. The fraction of sp³-hybridized carbons (Fsp3) is 0.308. The molecular formula is C13H13FN6S3. The third kappa shape index (κ3) is 3.82. The van der Waals surface area contributed by atoms with Gasteiger partial charge in [-0.1, -0.05) is 30.0 Å². The Morgan fingerprint density at radius 2 is 2.09 bits per heavy atom. The van der Waals surface area contributed by atoms with Crippen molar-refractivity contribution in [3.8, 4) is 5.69 Å². The first-order valence-corrected chi connectivity index (χ1v) is 9.12. The molecule has 2 heterocycles. The second-order valence-electron chi connectivity index (χ2n) is 4.63. The van der Waals surface area contributed by atoms with Crippen LogP contribution in [0, 0.1) is 9.77 Å². The van der Waals surface area contributed by atoms with Gasteiger partial charge in [-0.25, -0.2) is 13.8 Å². The third-order valence-electron chi connectivity index (χ3n) is 2.97. The van der Waals surface area contributed by atoms with Gasteiger partial charge in [0, 0.05) is 6.54 Å². The van der Waals surface area contributed by atoms with Gasteiger partial charge in [0.05, 0.1) is 11.4 Å². The highest BCUT2D eigenvalue weighted by Gasteiger charge is 2.10. The van der Waals surface area contributed by atoms with Gasteiger partial charge in [0.15, 0.2) is 14.1 Å². The summed E-state index contributed by atoms with van der Waals surface area (Å²) in [4.78, 5) is 0. The van der Waals surface area contributed by atoms with Crippen LogP contribution >= 0.6 is 35.3 Å². The van der Waals surface area contributed by atoms with Crippen molar-refractivity contribution in [2.75, 3.05) is 0 Å². The molecule has 0 N–H and O–H groups in total. The molecule has 1 aromatic carbocycles. The fourth-order valence-electron chi connectivity index (χ4n) is 1.90. The lowest BCUT2D eigenvalue weighted by Gasteiger charge is -2.01. The van der Waals surface area contributed by atoms with Crippen LogP contribution in [0.3, 0.4) is 0 Å². The maximum atomic E-state index is 13.0. The van der Waals surface area contributed by atoms with Crippen molar-refractivity contribution < 1.29 is 4.39 Å². The lowest BCUT2D eigenvalue weighted by Crippen LogP contribution is -2.04. The minimum atomic E-state index is -0.284. The second-order valence-corrected chi connectivity index (χ2v) is 7.47. The molecule has 0 fully saturated rings. The molecule has 2 aromatic heterocycles. The number of aromatic nitrogens is 6. The Balaban J connectivity index is 1.75. The van der Waals surface area contributed by atoms with E-state index in [1.807, 2.05) is 0 Å². The number of thioether (sulfide) groups is 1. The summed E-state index contributed by atoms with van der Waals surface area (Å²) in [7, 11) is 0. The van der Waals surface area contributed by atoms with Gasteiger partial charge in [0.1, 0.15) is 5.82 Å². The average molecular weight is 368 g/mol. The monoisotopic (exact) mass is 368 g/mol. The number of hydrogen-bond donors (Lipinski definition) is 0. The molecule has 0 aliphatic rings. The minimum absolute atomic E-state index is 0.284. The highest BCUT2D eigenvalue weighted by atomic mass is 32.2. The highest BCUT2D eigenvalue weighted by molar-refractivity contribution is 8.00. The van der Waals surface area contributed by atoms with Crippen molar-refractivity contribution in [2.45, 2.75) is 30.0 Å². The summed E-state index contributed by atoms with van der Waals surface area (Å²) in [6.07, 6.45) is 0.973. The molecule has 0 amide bonds. The molecular weight excluding hydrogens is 355 g/mol. The molecule has 0 radical (unpaired) electrons. The first kappa shape index (κ1) is 16.2. The van der Waals surface area contributed by atoms with Gasteiger partial charge in [-0.2, -0.15) is 0 Å². The van der Waals surface area contributed by atoms with E-state index in [-0.39, 0.29) is 5.82 Å². The van der Waals surface area contributed by atoms with Crippen molar-refractivity contribution >= 4 is 35.3 Å². The molecule has 0 spiro atoms. The van der Waals surface area contributed by atoms with Crippen molar-refractivity contribution in [2.24, 2.45) is 0 Å². The average Bonchev–Trinajstić information content (AvgIpc) is 3.13. The van der Waals surface area contributed by atoms with Crippen LogP contribution in [0.5, 0.6) is 0 Å². The number of tetrazole rings is 1. The molecule has 3 aromatic rings. The van der Waals surface area contributed by atoms with Gasteiger partial charge < -0.3 is 0 Å². The molecule has 0 atom stereocenters. The third-order valence-corrected chi connectivity index (χ3v) is 5.33. The zero-order valence-corrected chi connectivity index (χ0v) is 14.7. The Bertz CT molecular complexity index is 838. The number of halogens is 1. The summed E-state index contributed by atoms with van der Waals surface area (Å²) in [5.41, 5.74) is 0.746. The van der Waals surface area contributed by atoms with Crippen LogP contribution in [-0.2, 0) is 12.3 Å². The van der Waals surface area contributed by atoms with Crippen LogP contribution in [0.4, 0.5) is 4.39 Å². The molecule has 23 heavy (non-hydrogen) atoms. The first-order chi connectivity index (χ1) is 11.2. The standard InChI is InChI=1S/C13H13FN6S3/c1-2-7-19-11(15-17-18-19)8-22-12-16-20(13(21)23-12)10-5-3-9(14)4-6-10/h3-6H,2,7-8H2,1H3. The Kier molecular flexibility index (Phi) is 5.13. The van der Waals surface area contributed by atoms with E-state index in [0.717, 1.165) is 28.8 Å². The smallest absolute Gasteiger partial charge is 0.184 e. The van der Waals surface area contributed by atoms with Gasteiger partial charge in [0.25, 0.3) is 0 Å². The Hall–Kier alpha value is -1.65. The van der Waals surface area contributed by atoms with E-state index in [1.165, 1.54) is 35.2 Å². The molecule has 0 saturated carbocycles.